The monoisotopic (exact) mass is 448 g/mol. The van der Waals surface area contributed by atoms with Crippen molar-refractivity contribution in [2.75, 3.05) is 5.33 Å². The molecule has 0 N–H and O–H groups in total. The molecule has 1 nitrogen and oxygen atoms in total. The molecule has 0 atom stereocenters. The molecule has 0 fully saturated rings. The van der Waals surface area contributed by atoms with Crippen molar-refractivity contribution in [2.24, 2.45) is 0 Å². The van der Waals surface area contributed by atoms with Gasteiger partial charge in [0.1, 0.15) is 0 Å². The molecular weight excluding hydrogens is 420 g/mol. The summed E-state index contributed by atoms with van der Waals surface area (Å²) in [6, 6.07) is 19.3. The maximum Gasteiger partial charge on any atom is 0.163 e. The minimum Gasteiger partial charge on any atom is -0.294 e. The summed E-state index contributed by atoms with van der Waals surface area (Å²) in [5, 5.41) is 8.50. The van der Waals surface area contributed by atoms with Gasteiger partial charge in [-0.3, -0.25) is 4.79 Å². The van der Waals surface area contributed by atoms with E-state index in [1.54, 1.807) is 0 Å². The lowest BCUT2D eigenvalue weighted by atomic mass is 9.90. The van der Waals surface area contributed by atoms with Gasteiger partial charge in [-0.1, -0.05) is 109 Å². The summed E-state index contributed by atoms with van der Waals surface area (Å²) in [4.78, 5) is 13.0. The first-order valence-electron chi connectivity index (χ1n) is 11.1. The Morgan fingerprint density at radius 3 is 1.86 bits per heavy atom. The quantitative estimate of drug-likeness (QED) is 0.0969. The number of rotatable bonds is 11. The van der Waals surface area contributed by atoms with Crippen LogP contribution in [-0.2, 0) is 0 Å². The average Bonchev–Trinajstić information content (AvgIpc) is 2.76. The third-order valence-electron chi connectivity index (χ3n) is 6.12. The Kier molecular flexibility index (Phi) is 6.82. The Morgan fingerprint density at radius 2 is 1.17 bits per heavy atom. The molecule has 4 aromatic rings. The molecule has 0 radical (unpaired) electrons. The van der Waals surface area contributed by atoms with Crippen molar-refractivity contribution in [3.05, 3.63) is 60.2 Å². The summed E-state index contributed by atoms with van der Waals surface area (Å²) in [7, 11) is 0. The van der Waals surface area contributed by atoms with Gasteiger partial charge in [0.15, 0.2) is 5.78 Å². The number of halogens is 1. The lowest BCUT2D eigenvalue weighted by Crippen LogP contribution is -2.01. The van der Waals surface area contributed by atoms with Crippen LogP contribution in [0.4, 0.5) is 0 Å². The molecule has 0 unspecified atom stereocenters. The molecule has 4 aromatic carbocycles. The number of carbonyl (C=O) groups is 1. The van der Waals surface area contributed by atoms with E-state index < -0.39 is 0 Å². The SMILES string of the molecule is O=C(CCCCCCCCCCBr)c1ccc2ccc3cccc4ccc1c2c34. The van der Waals surface area contributed by atoms with Crippen molar-refractivity contribution in [3.8, 4) is 0 Å². The van der Waals surface area contributed by atoms with Gasteiger partial charge in [0.25, 0.3) is 0 Å². The number of Topliss-reactive ketones (excluding diaryl/α,β-unsaturated/α-hetero) is 1. The summed E-state index contributed by atoms with van der Waals surface area (Å²) in [5.74, 6) is 0.292. The zero-order chi connectivity index (χ0) is 20.1. The van der Waals surface area contributed by atoms with Crippen LogP contribution < -0.4 is 0 Å². The second-order valence-corrected chi connectivity index (χ2v) is 8.95. The van der Waals surface area contributed by atoms with E-state index in [2.05, 4.69) is 64.5 Å². The largest absolute Gasteiger partial charge is 0.294 e. The predicted octanol–water partition coefficient (Wildman–Crippen LogP) is 8.67. The zero-order valence-electron chi connectivity index (χ0n) is 17.1. The first-order chi connectivity index (χ1) is 14.3. The van der Waals surface area contributed by atoms with Gasteiger partial charge < -0.3 is 0 Å². The van der Waals surface area contributed by atoms with E-state index in [1.165, 1.54) is 65.5 Å². The second-order valence-electron chi connectivity index (χ2n) is 8.16. The number of unbranched alkanes of at least 4 members (excludes halogenated alkanes) is 7. The summed E-state index contributed by atoms with van der Waals surface area (Å²) >= 11 is 3.49. The standard InChI is InChI=1S/C27H29BrO/c28-19-8-6-4-2-1-3-5-7-12-25(29)23-17-15-22-14-13-20-10-9-11-21-16-18-24(23)27(22)26(20)21/h9-11,13-18H,1-8,12,19H2. The van der Waals surface area contributed by atoms with E-state index in [0.29, 0.717) is 12.2 Å². The molecule has 0 aromatic heterocycles. The van der Waals surface area contributed by atoms with Gasteiger partial charge in [0, 0.05) is 17.3 Å². The summed E-state index contributed by atoms with van der Waals surface area (Å²) < 4.78 is 0. The molecule has 0 aliphatic carbocycles. The molecule has 0 amide bonds. The first-order valence-corrected chi connectivity index (χ1v) is 12.2. The molecule has 0 heterocycles. The number of ketones is 1. The van der Waals surface area contributed by atoms with Gasteiger partial charge >= 0.3 is 0 Å². The highest BCUT2D eigenvalue weighted by Crippen LogP contribution is 2.36. The molecule has 0 saturated carbocycles. The van der Waals surface area contributed by atoms with E-state index >= 15 is 0 Å². The molecular formula is C27H29BrO. The number of benzene rings is 4. The van der Waals surface area contributed by atoms with Crippen LogP contribution in [-0.4, -0.2) is 11.1 Å². The predicted molar refractivity (Wildman–Crippen MR) is 130 cm³/mol. The maximum absolute atomic E-state index is 13.0. The third-order valence-corrected chi connectivity index (χ3v) is 6.68. The van der Waals surface area contributed by atoms with Crippen molar-refractivity contribution in [2.45, 2.75) is 57.8 Å². The van der Waals surface area contributed by atoms with Gasteiger partial charge in [0.05, 0.1) is 0 Å². The van der Waals surface area contributed by atoms with Crippen molar-refractivity contribution >= 4 is 54.0 Å². The number of alkyl halides is 1. The van der Waals surface area contributed by atoms with Crippen LogP contribution in [0.15, 0.2) is 54.6 Å². The molecule has 0 bridgehead atoms. The fourth-order valence-corrected chi connectivity index (χ4v) is 4.95. The van der Waals surface area contributed by atoms with Crippen molar-refractivity contribution < 1.29 is 4.79 Å². The van der Waals surface area contributed by atoms with Crippen LogP contribution in [0.5, 0.6) is 0 Å². The summed E-state index contributed by atoms with van der Waals surface area (Å²) in [6.45, 7) is 0. The van der Waals surface area contributed by atoms with E-state index in [1.807, 2.05) is 6.07 Å². The summed E-state index contributed by atoms with van der Waals surface area (Å²) in [5.41, 5.74) is 0.894. The molecule has 4 rings (SSSR count). The van der Waals surface area contributed by atoms with Crippen molar-refractivity contribution in [1.82, 2.24) is 0 Å². The number of hydrogen-bond donors (Lipinski definition) is 0. The van der Waals surface area contributed by atoms with Gasteiger partial charge in [-0.2, -0.15) is 0 Å². The summed E-state index contributed by atoms with van der Waals surface area (Å²) in [6.07, 6.45) is 10.7. The fraction of sp³-hybridized carbons (Fsp3) is 0.370. The zero-order valence-corrected chi connectivity index (χ0v) is 18.6. The molecule has 0 aliphatic rings. The lowest BCUT2D eigenvalue weighted by molar-refractivity contribution is 0.0980. The molecule has 29 heavy (non-hydrogen) atoms. The minimum absolute atomic E-state index is 0.292. The Labute approximate surface area is 181 Å². The molecule has 2 heteroatoms. The smallest absolute Gasteiger partial charge is 0.163 e. The van der Waals surface area contributed by atoms with Crippen LogP contribution in [0.1, 0.15) is 68.1 Å². The van der Waals surface area contributed by atoms with E-state index in [0.717, 1.165) is 29.1 Å². The molecule has 150 valence electrons. The number of carbonyl (C=O) groups excluding carboxylic acids is 1. The Morgan fingerprint density at radius 1 is 0.621 bits per heavy atom. The Bertz CT molecular complexity index is 1080. The Hall–Kier alpha value is -1.93. The van der Waals surface area contributed by atoms with Crippen molar-refractivity contribution in [3.63, 3.8) is 0 Å². The van der Waals surface area contributed by atoms with Crippen LogP contribution >= 0.6 is 15.9 Å². The second kappa shape index (κ2) is 9.71. The van der Waals surface area contributed by atoms with Gasteiger partial charge in [0.2, 0.25) is 0 Å². The van der Waals surface area contributed by atoms with Crippen LogP contribution in [0.25, 0.3) is 32.3 Å². The highest BCUT2D eigenvalue weighted by molar-refractivity contribution is 9.09. The highest BCUT2D eigenvalue weighted by atomic mass is 79.9. The molecule has 0 aliphatic heterocycles. The minimum atomic E-state index is 0.292. The van der Waals surface area contributed by atoms with Gasteiger partial charge in [-0.15, -0.1) is 0 Å². The van der Waals surface area contributed by atoms with Crippen molar-refractivity contribution in [1.29, 1.82) is 0 Å². The first kappa shape index (κ1) is 20.3. The molecule has 0 saturated heterocycles. The van der Waals surface area contributed by atoms with E-state index in [-0.39, 0.29) is 0 Å². The normalized spacial score (nSPS) is 11.8. The van der Waals surface area contributed by atoms with E-state index in [9.17, 15) is 4.79 Å². The lowest BCUT2D eigenvalue weighted by Gasteiger charge is -2.13. The Balaban J connectivity index is 1.42. The van der Waals surface area contributed by atoms with Crippen LogP contribution in [0.3, 0.4) is 0 Å². The van der Waals surface area contributed by atoms with Gasteiger partial charge in [-0.05, 0) is 45.2 Å². The maximum atomic E-state index is 13.0. The highest BCUT2D eigenvalue weighted by Gasteiger charge is 2.14. The van der Waals surface area contributed by atoms with Gasteiger partial charge in [-0.25, -0.2) is 0 Å². The van der Waals surface area contributed by atoms with E-state index in [4.69, 9.17) is 0 Å². The van der Waals surface area contributed by atoms with Crippen LogP contribution in [0.2, 0.25) is 0 Å². The third kappa shape index (κ3) is 4.48. The topological polar surface area (TPSA) is 17.1 Å². The average molecular weight is 449 g/mol. The number of hydrogen-bond acceptors (Lipinski definition) is 1. The van der Waals surface area contributed by atoms with Crippen LogP contribution in [0, 0.1) is 0 Å². The fourth-order valence-electron chi connectivity index (χ4n) is 4.55. The molecule has 0 spiro atoms.